The van der Waals surface area contributed by atoms with Gasteiger partial charge in [0.25, 0.3) is 0 Å². The second-order valence-electron chi connectivity index (χ2n) is 5.39. The van der Waals surface area contributed by atoms with Crippen molar-refractivity contribution in [3.63, 3.8) is 0 Å². The van der Waals surface area contributed by atoms with Gasteiger partial charge in [0.15, 0.2) is 0 Å². The number of aromatic amines is 1. The first-order chi connectivity index (χ1) is 11.4. The summed E-state index contributed by atoms with van der Waals surface area (Å²) in [6.45, 7) is 5.34. The van der Waals surface area contributed by atoms with Crippen LogP contribution >= 0.6 is 0 Å². The monoisotopic (exact) mass is 325 g/mol. The van der Waals surface area contributed by atoms with E-state index in [4.69, 9.17) is 4.74 Å². The fraction of sp³-hybridized carbons (Fsp3) is 0.278. The molecule has 2 aromatic rings. The average molecular weight is 325 g/mol. The molecule has 0 fully saturated rings. The molecule has 1 N–H and O–H groups in total. The van der Waals surface area contributed by atoms with Gasteiger partial charge in [-0.2, -0.15) is 5.26 Å². The molecule has 0 radical (unpaired) electrons. The number of ketones is 1. The minimum Gasteiger partial charge on any atom is -0.462 e. The van der Waals surface area contributed by atoms with Crippen LogP contribution in [0.5, 0.6) is 0 Å². The number of nitriles is 1. The van der Waals surface area contributed by atoms with E-state index in [0.29, 0.717) is 16.8 Å². The number of nitrogens with zero attached hydrogens (tertiary/aromatic N) is 2. The van der Waals surface area contributed by atoms with Crippen LogP contribution < -0.4 is 0 Å². The van der Waals surface area contributed by atoms with Crippen LogP contribution in [0.4, 0.5) is 0 Å². The Kier molecular flexibility index (Phi) is 5.05. The molecule has 0 atom stereocenters. The van der Waals surface area contributed by atoms with Gasteiger partial charge in [-0.15, -0.1) is 0 Å². The highest BCUT2D eigenvalue weighted by atomic mass is 16.5. The zero-order valence-corrected chi connectivity index (χ0v) is 14.1. The van der Waals surface area contributed by atoms with E-state index in [-0.39, 0.29) is 17.9 Å². The van der Waals surface area contributed by atoms with Crippen LogP contribution in [0.3, 0.4) is 0 Å². The summed E-state index contributed by atoms with van der Waals surface area (Å²) >= 11 is 0. The van der Waals surface area contributed by atoms with E-state index in [1.165, 1.54) is 6.08 Å². The van der Waals surface area contributed by atoms with Crippen LogP contribution in [0.15, 0.2) is 23.9 Å². The molecule has 2 aromatic heterocycles. The molecule has 0 aromatic carbocycles. The Morgan fingerprint density at radius 2 is 2.12 bits per heavy atom. The van der Waals surface area contributed by atoms with Gasteiger partial charge >= 0.3 is 5.97 Å². The lowest BCUT2D eigenvalue weighted by molar-refractivity contribution is 0.0525. The highest BCUT2D eigenvalue weighted by molar-refractivity contribution is 6.15. The van der Waals surface area contributed by atoms with Gasteiger partial charge in [-0.1, -0.05) is 0 Å². The number of ether oxygens (including phenoxy) is 1. The van der Waals surface area contributed by atoms with Crippen molar-refractivity contribution in [1.29, 1.82) is 5.26 Å². The number of esters is 1. The lowest BCUT2D eigenvalue weighted by Crippen LogP contribution is -2.08. The number of aryl methyl sites for hydroxylation is 2. The number of rotatable bonds is 5. The molecule has 124 valence electrons. The molecule has 6 heteroatoms. The molecule has 6 nitrogen and oxygen atoms in total. The zero-order chi connectivity index (χ0) is 17.9. The van der Waals surface area contributed by atoms with Gasteiger partial charge in [-0.25, -0.2) is 4.79 Å². The first-order valence-corrected chi connectivity index (χ1v) is 7.54. The topological polar surface area (TPSA) is 87.9 Å². The van der Waals surface area contributed by atoms with Crippen molar-refractivity contribution in [3.05, 3.63) is 52.1 Å². The molecule has 2 heterocycles. The smallest absolute Gasteiger partial charge is 0.340 e. The van der Waals surface area contributed by atoms with Crippen molar-refractivity contribution in [3.8, 4) is 6.07 Å². The Morgan fingerprint density at radius 1 is 1.42 bits per heavy atom. The summed E-state index contributed by atoms with van der Waals surface area (Å²) in [7, 11) is 1.83. The van der Waals surface area contributed by atoms with E-state index in [9.17, 15) is 14.9 Å². The summed E-state index contributed by atoms with van der Waals surface area (Å²) in [5.41, 5.74) is 2.35. The van der Waals surface area contributed by atoms with Crippen LogP contribution in [-0.4, -0.2) is 27.9 Å². The van der Waals surface area contributed by atoms with Crippen LogP contribution in [0.1, 0.15) is 44.7 Å². The molecule has 2 rings (SSSR count). The normalized spacial score (nSPS) is 11.2. The Labute approximate surface area is 140 Å². The molecule has 0 saturated carbocycles. The molecule has 0 amide bonds. The van der Waals surface area contributed by atoms with Crippen LogP contribution in [0.2, 0.25) is 0 Å². The minimum atomic E-state index is -0.479. The van der Waals surface area contributed by atoms with Crippen LogP contribution in [0.25, 0.3) is 6.08 Å². The highest BCUT2D eigenvalue weighted by Crippen LogP contribution is 2.22. The van der Waals surface area contributed by atoms with E-state index >= 15 is 0 Å². The molecule has 0 spiro atoms. The standard InChI is InChI=1S/C18H19N3O3/c1-5-24-18(23)15-11(2)16(20-12(15)3)17(22)13(10-19)9-14-7-6-8-21(14)4/h6-9,20H,5H2,1-4H3/b13-9+. The number of allylic oxidation sites excluding steroid dienone is 1. The average Bonchev–Trinajstić information content (AvgIpc) is 3.07. The SMILES string of the molecule is CCOC(=O)c1c(C)[nH]c(C(=O)/C(C#N)=C/c2cccn2C)c1C. The third-order valence-electron chi connectivity index (χ3n) is 3.79. The first-order valence-electron chi connectivity index (χ1n) is 7.54. The second-order valence-corrected chi connectivity index (χ2v) is 5.39. The summed E-state index contributed by atoms with van der Waals surface area (Å²) in [6, 6.07) is 5.57. The number of Topliss-reactive ketones (excluding diaryl/α,β-unsaturated/α-hetero) is 1. The quantitative estimate of drug-likeness (QED) is 0.396. The first kappa shape index (κ1) is 17.3. The van der Waals surface area contributed by atoms with Gasteiger partial charge in [0, 0.05) is 24.6 Å². The maximum atomic E-state index is 12.7. The summed E-state index contributed by atoms with van der Waals surface area (Å²) in [5, 5.41) is 9.35. The number of H-pyrrole nitrogens is 1. The predicted octanol–water partition coefficient (Wildman–Crippen LogP) is 2.94. The molecule has 0 aliphatic carbocycles. The number of hydrogen-bond donors (Lipinski definition) is 1. The lowest BCUT2D eigenvalue weighted by Gasteiger charge is -2.03. The number of aromatic nitrogens is 2. The lowest BCUT2D eigenvalue weighted by atomic mass is 10.0. The molecule has 0 bridgehead atoms. The number of hydrogen-bond acceptors (Lipinski definition) is 4. The van der Waals surface area contributed by atoms with Crippen molar-refractivity contribution in [2.75, 3.05) is 6.61 Å². The summed E-state index contributed by atoms with van der Waals surface area (Å²) in [5.74, 6) is -0.928. The number of nitrogens with one attached hydrogen (secondary N) is 1. The maximum Gasteiger partial charge on any atom is 0.340 e. The summed E-state index contributed by atoms with van der Waals surface area (Å²) in [4.78, 5) is 27.6. The Balaban J connectivity index is 2.45. The van der Waals surface area contributed by atoms with Gasteiger partial charge < -0.3 is 14.3 Å². The third kappa shape index (κ3) is 3.15. The molecular weight excluding hydrogens is 306 g/mol. The fourth-order valence-corrected chi connectivity index (χ4v) is 2.54. The molecule has 24 heavy (non-hydrogen) atoms. The predicted molar refractivity (Wildman–Crippen MR) is 89.6 cm³/mol. The van der Waals surface area contributed by atoms with Crippen LogP contribution in [-0.2, 0) is 11.8 Å². The summed E-state index contributed by atoms with van der Waals surface area (Å²) < 4.78 is 6.82. The van der Waals surface area contributed by atoms with Gasteiger partial charge in [0.05, 0.1) is 17.9 Å². The fourth-order valence-electron chi connectivity index (χ4n) is 2.54. The van der Waals surface area contributed by atoms with Crippen molar-refractivity contribution in [2.24, 2.45) is 7.05 Å². The maximum absolute atomic E-state index is 12.7. The van der Waals surface area contributed by atoms with Gasteiger partial charge in [0.1, 0.15) is 11.6 Å². The third-order valence-corrected chi connectivity index (χ3v) is 3.79. The molecule has 0 aliphatic rings. The molecular formula is C18H19N3O3. The number of carbonyl (C=O) groups excluding carboxylic acids is 2. The highest BCUT2D eigenvalue weighted by Gasteiger charge is 2.24. The van der Waals surface area contributed by atoms with Gasteiger partial charge in [-0.3, -0.25) is 4.79 Å². The zero-order valence-electron chi connectivity index (χ0n) is 14.1. The van der Waals surface area contributed by atoms with Crippen molar-refractivity contribution < 1.29 is 14.3 Å². The van der Waals surface area contributed by atoms with E-state index < -0.39 is 11.8 Å². The Morgan fingerprint density at radius 3 is 2.67 bits per heavy atom. The van der Waals surface area contributed by atoms with E-state index in [1.807, 2.05) is 36.0 Å². The second kappa shape index (κ2) is 7.01. The summed E-state index contributed by atoms with van der Waals surface area (Å²) in [6.07, 6.45) is 3.36. The minimum absolute atomic E-state index is 0.00319. The molecule has 0 unspecified atom stereocenters. The van der Waals surface area contributed by atoms with Crippen molar-refractivity contribution in [1.82, 2.24) is 9.55 Å². The molecule has 0 saturated heterocycles. The van der Waals surface area contributed by atoms with E-state index in [2.05, 4.69) is 4.98 Å². The van der Waals surface area contributed by atoms with E-state index in [0.717, 1.165) is 5.69 Å². The van der Waals surface area contributed by atoms with Crippen molar-refractivity contribution in [2.45, 2.75) is 20.8 Å². The number of carbonyl (C=O) groups is 2. The van der Waals surface area contributed by atoms with E-state index in [1.54, 1.807) is 20.8 Å². The van der Waals surface area contributed by atoms with Crippen LogP contribution in [0, 0.1) is 25.2 Å². The van der Waals surface area contributed by atoms with Gasteiger partial charge in [-0.05, 0) is 44.5 Å². The Bertz CT molecular complexity index is 863. The molecule has 0 aliphatic heterocycles. The largest absolute Gasteiger partial charge is 0.462 e. The van der Waals surface area contributed by atoms with Crippen molar-refractivity contribution >= 4 is 17.8 Å². The van der Waals surface area contributed by atoms with Gasteiger partial charge in [0.2, 0.25) is 5.78 Å². The Hall–Kier alpha value is -3.07.